The summed E-state index contributed by atoms with van der Waals surface area (Å²) in [7, 11) is 0. The molecule has 0 amide bonds. The lowest BCUT2D eigenvalue weighted by Gasteiger charge is -2.07. The molecule has 0 saturated heterocycles. The molecule has 0 aliphatic rings. The molecule has 0 unspecified atom stereocenters. The van der Waals surface area contributed by atoms with Crippen LogP contribution in [0.3, 0.4) is 0 Å². The van der Waals surface area contributed by atoms with Crippen LogP contribution in [-0.4, -0.2) is 16.1 Å². The Balaban J connectivity index is 2.03. The average molecular weight is 247 g/mol. The summed E-state index contributed by atoms with van der Waals surface area (Å²) in [5.74, 6) is 2.14. The summed E-state index contributed by atoms with van der Waals surface area (Å²) in [4.78, 5) is 4.34. The van der Waals surface area contributed by atoms with E-state index in [1.165, 1.54) is 5.56 Å². The Morgan fingerprint density at radius 2 is 2.28 bits per heavy atom. The number of imidazole rings is 1. The molecule has 0 bridgehead atoms. The first kappa shape index (κ1) is 12.9. The maximum absolute atomic E-state index is 5.54. The van der Waals surface area contributed by atoms with E-state index in [4.69, 9.17) is 4.42 Å². The smallest absolute Gasteiger partial charge is 0.122 e. The SMILES string of the molecule is CCCNCc1occc1Cn1ccnc1CC. The van der Waals surface area contributed by atoms with Crippen LogP contribution in [0.15, 0.2) is 29.1 Å². The minimum Gasteiger partial charge on any atom is -0.468 e. The zero-order chi connectivity index (χ0) is 12.8. The van der Waals surface area contributed by atoms with Gasteiger partial charge >= 0.3 is 0 Å². The van der Waals surface area contributed by atoms with Crippen molar-refractivity contribution < 1.29 is 4.42 Å². The molecule has 0 fully saturated rings. The lowest BCUT2D eigenvalue weighted by atomic mass is 10.2. The van der Waals surface area contributed by atoms with E-state index in [9.17, 15) is 0 Å². The van der Waals surface area contributed by atoms with Crippen molar-refractivity contribution in [1.82, 2.24) is 14.9 Å². The second kappa shape index (κ2) is 6.40. The van der Waals surface area contributed by atoms with Gasteiger partial charge in [-0.25, -0.2) is 4.98 Å². The minimum atomic E-state index is 0.798. The summed E-state index contributed by atoms with van der Waals surface area (Å²) in [5.41, 5.74) is 1.23. The Hall–Kier alpha value is -1.55. The summed E-state index contributed by atoms with van der Waals surface area (Å²) >= 11 is 0. The molecule has 0 aliphatic carbocycles. The number of nitrogens with one attached hydrogen (secondary N) is 1. The zero-order valence-electron chi connectivity index (χ0n) is 11.1. The quantitative estimate of drug-likeness (QED) is 0.765. The standard InChI is InChI=1S/C14H21N3O/c1-3-6-15-10-13-12(5-9-18-13)11-17-8-7-16-14(17)4-2/h5,7-9,15H,3-4,6,10-11H2,1-2H3. The van der Waals surface area contributed by atoms with Gasteiger partial charge in [-0.3, -0.25) is 0 Å². The largest absolute Gasteiger partial charge is 0.468 e. The first-order chi connectivity index (χ1) is 8.85. The Morgan fingerprint density at radius 3 is 3.06 bits per heavy atom. The second-order valence-corrected chi connectivity index (χ2v) is 4.37. The Morgan fingerprint density at radius 1 is 1.39 bits per heavy atom. The first-order valence-corrected chi connectivity index (χ1v) is 6.61. The van der Waals surface area contributed by atoms with Crippen LogP contribution in [0.5, 0.6) is 0 Å². The molecule has 0 spiro atoms. The van der Waals surface area contributed by atoms with E-state index in [2.05, 4.69) is 28.7 Å². The van der Waals surface area contributed by atoms with Gasteiger partial charge in [0.1, 0.15) is 11.6 Å². The molecular formula is C14H21N3O. The van der Waals surface area contributed by atoms with Crippen LogP contribution in [0.2, 0.25) is 0 Å². The Labute approximate surface area is 108 Å². The summed E-state index contributed by atoms with van der Waals surface area (Å²) in [5, 5.41) is 3.37. The Bertz CT molecular complexity index is 473. The highest BCUT2D eigenvalue weighted by Gasteiger charge is 2.08. The number of rotatable bonds is 7. The van der Waals surface area contributed by atoms with Gasteiger partial charge in [0.2, 0.25) is 0 Å². The molecule has 98 valence electrons. The van der Waals surface area contributed by atoms with Gasteiger partial charge in [0.25, 0.3) is 0 Å². The summed E-state index contributed by atoms with van der Waals surface area (Å²) < 4.78 is 7.71. The topological polar surface area (TPSA) is 43.0 Å². The van der Waals surface area contributed by atoms with Crippen molar-refractivity contribution in [3.8, 4) is 0 Å². The molecule has 0 atom stereocenters. The summed E-state index contributed by atoms with van der Waals surface area (Å²) in [6, 6.07) is 2.04. The normalized spacial score (nSPS) is 11.0. The van der Waals surface area contributed by atoms with Crippen LogP contribution in [0, 0.1) is 0 Å². The lowest BCUT2D eigenvalue weighted by Crippen LogP contribution is -2.15. The molecule has 2 heterocycles. The molecule has 0 aliphatic heterocycles. The highest BCUT2D eigenvalue weighted by Crippen LogP contribution is 2.13. The molecule has 4 heteroatoms. The molecule has 2 aromatic heterocycles. The van der Waals surface area contributed by atoms with Crippen LogP contribution in [-0.2, 0) is 19.5 Å². The van der Waals surface area contributed by atoms with Crippen molar-refractivity contribution in [2.75, 3.05) is 6.54 Å². The van der Waals surface area contributed by atoms with E-state index < -0.39 is 0 Å². The molecule has 0 aromatic carbocycles. The molecule has 2 aromatic rings. The molecule has 2 rings (SSSR count). The van der Waals surface area contributed by atoms with E-state index in [0.29, 0.717) is 0 Å². The molecular weight excluding hydrogens is 226 g/mol. The highest BCUT2D eigenvalue weighted by atomic mass is 16.3. The van der Waals surface area contributed by atoms with Gasteiger partial charge in [-0.1, -0.05) is 13.8 Å². The van der Waals surface area contributed by atoms with Crippen LogP contribution in [0.1, 0.15) is 37.4 Å². The number of hydrogen-bond acceptors (Lipinski definition) is 3. The average Bonchev–Trinajstić information content (AvgIpc) is 3.00. The second-order valence-electron chi connectivity index (χ2n) is 4.37. The minimum absolute atomic E-state index is 0.798. The van der Waals surface area contributed by atoms with Crippen molar-refractivity contribution in [1.29, 1.82) is 0 Å². The molecule has 0 saturated carbocycles. The number of furan rings is 1. The van der Waals surface area contributed by atoms with Gasteiger partial charge < -0.3 is 14.3 Å². The van der Waals surface area contributed by atoms with E-state index in [1.54, 1.807) is 6.26 Å². The van der Waals surface area contributed by atoms with Crippen molar-refractivity contribution in [3.63, 3.8) is 0 Å². The van der Waals surface area contributed by atoms with Crippen LogP contribution < -0.4 is 5.32 Å². The van der Waals surface area contributed by atoms with E-state index in [-0.39, 0.29) is 0 Å². The lowest BCUT2D eigenvalue weighted by molar-refractivity contribution is 0.476. The van der Waals surface area contributed by atoms with Crippen LogP contribution in [0.4, 0.5) is 0 Å². The van der Waals surface area contributed by atoms with Crippen molar-refractivity contribution in [2.45, 2.75) is 39.8 Å². The van der Waals surface area contributed by atoms with Crippen LogP contribution in [0.25, 0.3) is 0 Å². The third-order valence-corrected chi connectivity index (χ3v) is 3.01. The molecule has 0 radical (unpaired) electrons. The first-order valence-electron chi connectivity index (χ1n) is 6.61. The Kier molecular flexibility index (Phi) is 4.59. The molecule has 18 heavy (non-hydrogen) atoms. The fourth-order valence-corrected chi connectivity index (χ4v) is 2.02. The van der Waals surface area contributed by atoms with Gasteiger partial charge in [0.15, 0.2) is 0 Å². The van der Waals surface area contributed by atoms with Gasteiger partial charge in [0.05, 0.1) is 19.4 Å². The van der Waals surface area contributed by atoms with Gasteiger partial charge in [-0.15, -0.1) is 0 Å². The van der Waals surface area contributed by atoms with E-state index in [0.717, 1.165) is 44.1 Å². The third-order valence-electron chi connectivity index (χ3n) is 3.01. The number of aromatic nitrogens is 2. The van der Waals surface area contributed by atoms with Crippen molar-refractivity contribution in [2.24, 2.45) is 0 Å². The van der Waals surface area contributed by atoms with E-state index in [1.807, 2.05) is 18.5 Å². The third kappa shape index (κ3) is 3.01. The highest BCUT2D eigenvalue weighted by molar-refractivity contribution is 5.18. The predicted octanol–water partition coefficient (Wildman–Crippen LogP) is 2.59. The maximum Gasteiger partial charge on any atom is 0.122 e. The molecule has 4 nitrogen and oxygen atoms in total. The van der Waals surface area contributed by atoms with Gasteiger partial charge in [-0.05, 0) is 19.0 Å². The number of nitrogens with zero attached hydrogens (tertiary/aromatic N) is 2. The number of hydrogen-bond donors (Lipinski definition) is 1. The molecule has 1 N–H and O–H groups in total. The van der Waals surface area contributed by atoms with Crippen molar-refractivity contribution >= 4 is 0 Å². The fraction of sp³-hybridized carbons (Fsp3) is 0.500. The zero-order valence-corrected chi connectivity index (χ0v) is 11.1. The predicted molar refractivity (Wildman–Crippen MR) is 71.4 cm³/mol. The van der Waals surface area contributed by atoms with Gasteiger partial charge in [-0.2, -0.15) is 0 Å². The van der Waals surface area contributed by atoms with Gasteiger partial charge in [0, 0.05) is 24.4 Å². The van der Waals surface area contributed by atoms with E-state index >= 15 is 0 Å². The van der Waals surface area contributed by atoms with Crippen LogP contribution >= 0.6 is 0 Å². The monoisotopic (exact) mass is 247 g/mol. The summed E-state index contributed by atoms with van der Waals surface area (Å²) in [6.07, 6.45) is 7.73. The fourth-order valence-electron chi connectivity index (χ4n) is 2.02. The van der Waals surface area contributed by atoms with Crippen molar-refractivity contribution in [3.05, 3.63) is 41.9 Å². The maximum atomic E-state index is 5.54. The number of aryl methyl sites for hydroxylation is 1. The summed E-state index contributed by atoms with van der Waals surface area (Å²) in [6.45, 7) is 6.94.